The van der Waals surface area contributed by atoms with Crippen molar-refractivity contribution in [2.45, 2.75) is 51.2 Å². The van der Waals surface area contributed by atoms with Crippen LogP contribution < -0.4 is 16.8 Å². The standard InChI is InChI=1S/C24H26ClN5O4S/c1-13-10-11-17(34-13)20(23(32)28-15-7-3-4-8-15)30(12-14-6-2-5-9-16(14)25)24(33)21-18(26)19(22(27)31)29-35-21/h2,5-6,9-11,15,20H,3-4,7-8,12,26H2,1H3,(H2,27,31)(H,28,32)/t20-/m0/s1. The van der Waals surface area contributed by atoms with Gasteiger partial charge >= 0.3 is 0 Å². The van der Waals surface area contributed by atoms with E-state index in [-0.39, 0.29) is 34.8 Å². The molecule has 2 aromatic heterocycles. The zero-order chi connectivity index (χ0) is 25.1. The van der Waals surface area contributed by atoms with Crippen molar-refractivity contribution in [2.75, 3.05) is 5.73 Å². The lowest BCUT2D eigenvalue weighted by Gasteiger charge is -2.31. The predicted octanol–water partition coefficient (Wildman–Crippen LogP) is 3.82. The Morgan fingerprint density at radius 3 is 2.54 bits per heavy atom. The number of hydrogen-bond acceptors (Lipinski definition) is 7. The first-order valence-electron chi connectivity index (χ1n) is 11.2. The number of primary amides is 1. The molecular formula is C24H26ClN5O4S. The molecule has 1 fully saturated rings. The van der Waals surface area contributed by atoms with E-state index in [0.717, 1.165) is 37.2 Å². The van der Waals surface area contributed by atoms with Gasteiger partial charge in [0.2, 0.25) is 0 Å². The monoisotopic (exact) mass is 515 g/mol. The van der Waals surface area contributed by atoms with Gasteiger partial charge in [0.15, 0.2) is 11.7 Å². The Balaban J connectivity index is 1.79. The van der Waals surface area contributed by atoms with Crippen LogP contribution in [-0.4, -0.2) is 33.0 Å². The van der Waals surface area contributed by atoms with Gasteiger partial charge in [-0.2, -0.15) is 4.37 Å². The molecule has 4 rings (SSSR count). The fourth-order valence-electron chi connectivity index (χ4n) is 4.23. The largest absolute Gasteiger partial charge is 0.464 e. The van der Waals surface area contributed by atoms with E-state index in [1.165, 1.54) is 4.90 Å². The van der Waals surface area contributed by atoms with Crippen LogP contribution >= 0.6 is 23.1 Å². The first-order chi connectivity index (χ1) is 16.8. The zero-order valence-electron chi connectivity index (χ0n) is 19.1. The minimum atomic E-state index is -1.10. The maximum atomic E-state index is 13.9. The molecule has 1 saturated carbocycles. The van der Waals surface area contributed by atoms with E-state index in [9.17, 15) is 14.4 Å². The van der Waals surface area contributed by atoms with Gasteiger partial charge in [-0.1, -0.05) is 42.6 Å². The van der Waals surface area contributed by atoms with Gasteiger partial charge < -0.3 is 26.1 Å². The van der Waals surface area contributed by atoms with Crippen LogP contribution in [0.25, 0.3) is 0 Å². The predicted molar refractivity (Wildman–Crippen MR) is 133 cm³/mol. The molecule has 0 aliphatic heterocycles. The summed E-state index contributed by atoms with van der Waals surface area (Å²) in [6.45, 7) is 1.75. The van der Waals surface area contributed by atoms with Crippen LogP contribution in [0.2, 0.25) is 5.02 Å². The lowest BCUT2D eigenvalue weighted by atomic mass is 10.1. The molecule has 1 atom stereocenters. The molecule has 0 radical (unpaired) electrons. The first-order valence-corrected chi connectivity index (χ1v) is 12.4. The number of anilines is 1. The lowest BCUT2D eigenvalue weighted by Crippen LogP contribution is -2.45. The van der Waals surface area contributed by atoms with Crippen molar-refractivity contribution in [1.82, 2.24) is 14.6 Å². The Kier molecular flexibility index (Phi) is 7.42. The third-order valence-corrected chi connectivity index (χ3v) is 7.23. The summed E-state index contributed by atoms with van der Waals surface area (Å²) < 4.78 is 9.79. The molecule has 1 aromatic carbocycles. The SMILES string of the molecule is Cc1ccc([C@@H](C(=O)NC2CCCC2)N(Cc2ccccc2Cl)C(=O)c2snc(C(N)=O)c2N)o1. The minimum Gasteiger partial charge on any atom is -0.464 e. The van der Waals surface area contributed by atoms with Crippen LogP contribution in [0, 0.1) is 6.92 Å². The van der Waals surface area contributed by atoms with E-state index in [0.29, 0.717) is 22.1 Å². The van der Waals surface area contributed by atoms with Crippen LogP contribution in [0.1, 0.15) is 69.0 Å². The highest BCUT2D eigenvalue weighted by atomic mass is 35.5. The Morgan fingerprint density at radius 2 is 1.94 bits per heavy atom. The third-order valence-electron chi connectivity index (χ3n) is 6.01. The summed E-state index contributed by atoms with van der Waals surface area (Å²) in [6.07, 6.45) is 3.81. The third kappa shape index (κ3) is 5.33. The molecule has 2 heterocycles. The molecule has 5 N–H and O–H groups in total. The van der Waals surface area contributed by atoms with Crippen LogP contribution in [0.3, 0.4) is 0 Å². The Bertz CT molecular complexity index is 1250. The highest BCUT2D eigenvalue weighted by molar-refractivity contribution is 7.09. The minimum absolute atomic E-state index is 0.00722. The Morgan fingerprint density at radius 1 is 1.23 bits per heavy atom. The molecule has 0 bridgehead atoms. The van der Waals surface area contributed by atoms with Gasteiger partial charge in [-0.15, -0.1) is 0 Å². The molecule has 9 nitrogen and oxygen atoms in total. The number of aryl methyl sites for hydroxylation is 1. The molecule has 1 aliphatic carbocycles. The van der Waals surface area contributed by atoms with Crippen LogP contribution in [0.5, 0.6) is 0 Å². The van der Waals surface area contributed by atoms with Crippen molar-refractivity contribution >= 4 is 46.5 Å². The summed E-state index contributed by atoms with van der Waals surface area (Å²) in [7, 11) is 0. The number of nitrogens with zero attached hydrogens (tertiary/aromatic N) is 2. The maximum Gasteiger partial charge on any atom is 0.270 e. The van der Waals surface area contributed by atoms with Gasteiger partial charge in [-0.05, 0) is 55.1 Å². The molecule has 11 heteroatoms. The molecule has 0 spiro atoms. The highest BCUT2D eigenvalue weighted by Crippen LogP contribution is 2.32. The van der Waals surface area contributed by atoms with Crippen molar-refractivity contribution in [2.24, 2.45) is 5.73 Å². The van der Waals surface area contributed by atoms with Gasteiger partial charge in [0.25, 0.3) is 17.7 Å². The van der Waals surface area contributed by atoms with Crippen molar-refractivity contribution < 1.29 is 18.8 Å². The number of nitrogens with two attached hydrogens (primary N) is 2. The van der Waals surface area contributed by atoms with Gasteiger partial charge in [-0.3, -0.25) is 14.4 Å². The molecule has 0 unspecified atom stereocenters. The number of nitrogen functional groups attached to an aromatic ring is 1. The zero-order valence-corrected chi connectivity index (χ0v) is 20.7. The number of carbonyl (C=O) groups is 3. The van der Waals surface area contributed by atoms with E-state index >= 15 is 0 Å². The van der Waals surface area contributed by atoms with Gasteiger partial charge in [-0.25, -0.2) is 0 Å². The maximum absolute atomic E-state index is 13.9. The number of furan rings is 1. The van der Waals surface area contributed by atoms with Crippen LogP contribution in [-0.2, 0) is 11.3 Å². The van der Waals surface area contributed by atoms with E-state index < -0.39 is 17.9 Å². The number of benzene rings is 1. The van der Waals surface area contributed by atoms with E-state index in [1.807, 2.05) is 0 Å². The molecule has 1 aliphatic rings. The molecule has 3 amide bonds. The number of halogens is 1. The summed E-state index contributed by atoms with van der Waals surface area (Å²) in [5.41, 5.74) is 11.7. The number of rotatable bonds is 8. The van der Waals surface area contributed by atoms with Gasteiger partial charge in [0.05, 0.1) is 5.69 Å². The average molecular weight is 516 g/mol. The summed E-state index contributed by atoms with van der Waals surface area (Å²) >= 11 is 7.17. The van der Waals surface area contributed by atoms with Crippen LogP contribution in [0.4, 0.5) is 5.69 Å². The van der Waals surface area contributed by atoms with E-state index in [2.05, 4.69) is 9.69 Å². The molecule has 35 heavy (non-hydrogen) atoms. The first kappa shape index (κ1) is 24.7. The summed E-state index contributed by atoms with van der Waals surface area (Å²) in [6, 6.07) is 9.37. The summed E-state index contributed by atoms with van der Waals surface area (Å²) in [5.74, 6) is -0.903. The van der Waals surface area contributed by atoms with Crippen molar-refractivity contribution in [1.29, 1.82) is 0 Å². The number of amides is 3. The Hall–Kier alpha value is -3.37. The lowest BCUT2D eigenvalue weighted by molar-refractivity contribution is -0.127. The fourth-order valence-corrected chi connectivity index (χ4v) is 5.18. The smallest absolute Gasteiger partial charge is 0.270 e. The van der Waals surface area contributed by atoms with Gasteiger partial charge in [0.1, 0.15) is 16.4 Å². The quantitative estimate of drug-likeness (QED) is 0.416. The van der Waals surface area contributed by atoms with Gasteiger partial charge in [0, 0.05) is 17.6 Å². The second-order valence-corrected chi connectivity index (χ2v) is 9.68. The number of hydrogen-bond donors (Lipinski definition) is 3. The van der Waals surface area contributed by atoms with Crippen molar-refractivity contribution in [3.63, 3.8) is 0 Å². The second-order valence-electron chi connectivity index (χ2n) is 8.50. The van der Waals surface area contributed by atoms with Crippen molar-refractivity contribution in [3.05, 3.63) is 69.1 Å². The average Bonchev–Trinajstić information content (AvgIpc) is 3.56. The fraction of sp³-hybridized carbons (Fsp3) is 0.333. The molecule has 184 valence electrons. The van der Waals surface area contributed by atoms with E-state index in [1.54, 1.807) is 43.3 Å². The topological polar surface area (TPSA) is 145 Å². The molecular weight excluding hydrogens is 490 g/mol. The number of aromatic nitrogens is 1. The normalized spacial score (nSPS) is 14.6. The van der Waals surface area contributed by atoms with Crippen molar-refractivity contribution in [3.8, 4) is 0 Å². The summed E-state index contributed by atoms with van der Waals surface area (Å²) in [5, 5.41) is 3.50. The number of nitrogens with one attached hydrogen (secondary N) is 1. The number of carbonyl (C=O) groups excluding carboxylic acids is 3. The molecule has 0 saturated heterocycles. The Labute approximate surface area is 211 Å². The summed E-state index contributed by atoms with van der Waals surface area (Å²) in [4.78, 5) is 40.6. The molecule has 3 aromatic rings. The van der Waals surface area contributed by atoms with Crippen LogP contribution in [0.15, 0.2) is 40.8 Å². The highest BCUT2D eigenvalue weighted by Gasteiger charge is 2.38. The van der Waals surface area contributed by atoms with E-state index in [4.69, 9.17) is 27.5 Å². The second kappa shape index (κ2) is 10.5.